The van der Waals surface area contributed by atoms with Gasteiger partial charge in [-0.3, -0.25) is 14.4 Å². The summed E-state index contributed by atoms with van der Waals surface area (Å²) in [7, 11) is 0. The van der Waals surface area contributed by atoms with Gasteiger partial charge in [0, 0.05) is 19.3 Å². The van der Waals surface area contributed by atoms with Gasteiger partial charge in [0.25, 0.3) is 0 Å². The molecular weight excluding hydrogens is 661 g/mol. The van der Waals surface area contributed by atoms with E-state index in [1.807, 2.05) is 60.8 Å². The van der Waals surface area contributed by atoms with E-state index < -0.39 is 6.10 Å². The Bertz CT molecular complexity index is 1120. The van der Waals surface area contributed by atoms with Crippen LogP contribution in [0.2, 0.25) is 0 Å². The summed E-state index contributed by atoms with van der Waals surface area (Å²) >= 11 is 0. The molecule has 298 valence electrons. The van der Waals surface area contributed by atoms with E-state index in [4.69, 9.17) is 14.2 Å². The highest BCUT2D eigenvalue weighted by Crippen LogP contribution is 2.12. The molecule has 6 heteroatoms. The molecule has 0 saturated carbocycles. The van der Waals surface area contributed by atoms with Crippen LogP contribution in [-0.2, 0) is 28.6 Å². The van der Waals surface area contributed by atoms with Gasteiger partial charge < -0.3 is 14.2 Å². The zero-order valence-corrected chi connectivity index (χ0v) is 33.7. The molecule has 0 fully saturated rings. The summed E-state index contributed by atoms with van der Waals surface area (Å²) in [5.41, 5.74) is 0. The summed E-state index contributed by atoms with van der Waals surface area (Å²) in [4.78, 5) is 37.5. The van der Waals surface area contributed by atoms with E-state index in [0.717, 1.165) is 77.0 Å². The molecule has 53 heavy (non-hydrogen) atoms. The van der Waals surface area contributed by atoms with Gasteiger partial charge in [0.2, 0.25) is 0 Å². The van der Waals surface area contributed by atoms with Crippen LogP contribution < -0.4 is 0 Å². The average Bonchev–Trinajstić information content (AvgIpc) is 3.15. The normalized spacial score (nSPS) is 13.0. The van der Waals surface area contributed by atoms with Crippen molar-refractivity contribution in [1.82, 2.24) is 0 Å². The Morgan fingerprint density at radius 3 is 1.23 bits per heavy atom. The molecule has 0 amide bonds. The smallest absolute Gasteiger partial charge is 0.306 e. The minimum atomic E-state index is -0.813. The second-order valence-electron chi connectivity index (χ2n) is 13.3. The molecule has 0 saturated heterocycles. The molecule has 1 atom stereocenters. The Morgan fingerprint density at radius 2 is 0.755 bits per heavy atom. The molecule has 0 aliphatic heterocycles. The van der Waals surface area contributed by atoms with Crippen LogP contribution in [0.25, 0.3) is 0 Å². The minimum Gasteiger partial charge on any atom is -0.462 e. The van der Waals surface area contributed by atoms with Crippen molar-refractivity contribution < 1.29 is 28.6 Å². The Labute approximate surface area is 324 Å². The highest BCUT2D eigenvalue weighted by atomic mass is 16.6. The van der Waals surface area contributed by atoms with Gasteiger partial charge in [0.1, 0.15) is 13.2 Å². The van der Waals surface area contributed by atoms with Crippen molar-refractivity contribution >= 4 is 17.9 Å². The number of carbonyl (C=O) groups excluding carboxylic acids is 3. The van der Waals surface area contributed by atoms with Crippen LogP contribution in [0.5, 0.6) is 0 Å². The summed E-state index contributed by atoms with van der Waals surface area (Å²) in [6.45, 7) is 6.21. The number of rotatable bonds is 35. The second kappa shape index (κ2) is 41.1. The predicted octanol–water partition coefficient (Wildman–Crippen LogP) is 13.1. The fourth-order valence-electron chi connectivity index (χ4n) is 5.18. The Balaban J connectivity index is 4.56. The van der Waals surface area contributed by atoms with Crippen LogP contribution in [0, 0.1) is 0 Å². The lowest BCUT2D eigenvalue weighted by Crippen LogP contribution is -2.30. The maximum Gasteiger partial charge on any atom is 0.306 e. The SMILES string of the molecule is CC\C=C/C=C\C=C/C=C\C=C/CCCC(=O)OCC(COC(=O)CCCCCCCCCCC)OC(=O)CCCCCCC\C=C/C=C\C=C/CC. The van der Waals surface area contributed by atoms with Gasteiger partial charge in [-0.25, -0.2) is 0 Å². The lowest BCUT2D eigenvalue weighted by molar-refractivity contribution is -0.167. The van der Waals surface area contributed by atoms with E-state index in [9.17, 15) is 14.4 Å². The maximum absolute atomic E-state index is 12.7. The Morgan fingerprint density at radius 1 is 0.396 bits per heavy atom. The van der Waals surface area contributed by atoms with Crippen molar-refractivity contribution in [2.24, 2.45) is 0 Å². The molecule has 6 nitrogen and oxygen atoms in total. The number of unbranched alkanes of at least 4 members (excludes halogenated alkanes) is 14. The third-order valence-electron chi connectivity index (χ3n) is 8.27. The monoisotopic (exact) mass is 735 g/mol. The minimum absolute atomic E-state index is 0.109. The van der Waals surface area contributed by atoms with E-state index in [1.54, 1.807) is 0 Å². The summed E-state index contributed by atoms with van der Waals surface area (Å²) in [5.74, 6) is -1.02. The lowest BCUT2D eigenvalue weighted by atomic mass is 10.1. The third-order valence-corrected chi connectivity index (χ3v) is 8.27. The van der Waals surface area contributed by atoms with Crippen molar-refractivity contribution in [3.63, 3.8) is 0 Å². The Hall–Kier alpha value is -3.67. The number of esters is 3. The first kappa shape index (κ1) is 49.3. The number of hydrogen-bond donors (Lipinski definition) is 0. The first-order valence-corrected chi connectivity index (χ1v) is 20.8. The standard InChI is InChI=1S/C47H74O6/c1-4-7-10-13-16-19-21-23-25-28-31-34-37-40-46(49)52-43-44(42-51-45(48)39-36-33-30-27-18-15-12-9-6-3)53-47(50)41-38-35-32-29-26-24-22-20-17-14-11-8-5-2/h7-8,10-11,13-14,16-17,19-23,25,28,31,44H,4-6,9,12,15,18,24,26-27,29-30,32-43H2,1-3H3/b10-7-,11-8-,16-13-,17-14-,21-19-,22-20-,25-23-,31-28-. The van der Waals surface area contributed by atoms with Crippen molar-refractivity contribution in [2.75, 3.05) is 13.2 Å². The van der Waals surface area contributed by atoms with Gasteiger partial charge >= 0.3 is 17.9 Å². The molecule has 0 spiro atoms. The van der Waals surface area contributed by atoms with Crippen LogP contribution in [0.1, 0.15) is 162 Å². The topological polar surface area (TPSA) is 78.9 Å². The van der Waals surface area contributed by atoms with Crippen LogP contribution in [0.4, 0.5) is 0 Å². The molecule has 0 aromatic carbocycles. The van der Waals surface area contributed by atoms with E-state index in [0.29, 0.717) is 12.8 Å². The van der Waals surface area contributed by atoms with E-state index >= 15 is 0 Å². The number of carbonyl (C=O) groups is 3. The highest BCUT2D eigenvalue weighted by Gasteiger charge is 2.19. The molecule has 0 heterocycles. The molecule has 0 bridgehead atoms. The highest BCUT2D eigenvalue weighted by molar-refractivity contribution is 5.71. The number of hydrogen-bond acceptors (Lipinski definition) is 6. The molecule has 0 rings (SSSR count). The quantitative estimate of drug-likeness (QED) is 0.0279. The Kier molecular flexibility index (Phi) is 38.2. The maximum atomic E-state index is 12.7. The summed E-state index contributed by atoms with van der Waals surface area (Å²) in [6.07, 6.45) is 52.6. The zero-order chi connectivity index (χ0) is 38.7. The number of allylic oxidation sites excluding steroid dienone is 16. The fraction of sp³-hybridized carbons (Fsp3) is 0.596. The van der Waals surface area contributed by atoms with Crippen molar-refractivity contribution in [3.8, 4) is 0 Å². The molecule has 0 aromatic heterocycles. The van der Waals surface area contributed by atoms with Gasteiger partial charge in [-0.1, -0.05) is 189 Å². The molecule has 1 unspecified atom stereocenters. The summed E-state index contributed by atoms with van der Waals surface area (Å²) in [6, 6.07) is 0. The first-order valence-electron chi connectivity index (χ1n) is 20.8. The third kappa shape index (κ3) is 39.4. The summed E-state index contributed by atoms with van der Waals surface area (Å²) < 4.78 is 16.5. The summed E-state index contributed by atoms with van der Waals surface area (Å²) in [5, 5.41) is 0. The van der Waals surface area contributed by atoms with Crippen LogP contribution in [0.15, 0.2) is 97.2 Å². The van der Waals surface area contributed by atoms with Gasteiger partial charge in [-0.2, -0.15) is 0 Å². The zero-order valence-electron chi connectivity index (χ0n) is 33.7. The van der Waals surface area contributed by atoms with Gasteiger partial charge in [0.15, 0.2) is 6.10 Å². The molecule has 0 aliphatic rings. The average molecular weight is 735 g/mol. The van der Waals surface area contributed by atoms with Crippen molar-refractivity contribution in [2.45, 2.75) is 168 Å². The van der Waals surface area contributed by atoms with Crippen molar-refractivity contribution in [1.29, 1.82) is 0 Å². The molecule has 0 aromatic rings. The van der Waals surface area contributed by atoms with Crippen molar-refractivity contribution in [3.05, 3.63) is 97.2 Å². The predicted molar refractivity (Wildman–Crippen MR) is 224 cm³/mol. The van der Waals surface area contributed by atoms with Crippen LogP contribution in [-0.4, -0.2) is 37.2 Å². The number of ether oxygens (including phenoxy) is 3. The largest absolute Gasteiger partial charge is 0.462 e. The lowest BCUT2D eigenvalue weighted by Gasteiger charge is -2.18. The second-order valence-corrected chi connectivity index (χ2v) is 13.3. The van der Waals surface area contributed by atoms with E-state index in [2.05, 4.69) is 57.2 Å². The van der Waals surface area contributed by atoms with Crippen LogP contribution >= 0.6 is 0 Å². The van der Waals surface area contributed by atoms with E-state index in [1.165, 1.54) is 38.5 Å². The fourth-order valence-corrected chi connectivity index (χ4v) is 5.18. The van der Waals surface area contributed by atoms with Gasteiger partial charge in [-0.15, -0.1) is 0 Å². The first-order chi connectivity index (χ1) is 26.0. The molecule has 0 radical (unpaired) electrons. The van der Waals surface area contributed by atoms with Gasteiger partial charge in [0.05, 0.1) is 0 Å². The van der Waals surface area contributed by atoms with E-state index in [-0.39, 0.29) is 44.0 Å². The molecular formula is C47H74O6. The molecule has 0 aliphatic carbocycles. The molecule has 0 N–H and O–H groups in total. The van der Waals surface area contributed by atoms with Crippen LogP contribution in [0.3, 0.4) is 0 Å². The van der Waals surface area contributed by atoms with Gasteiger partial charge in [-0.05, 0) is 51.4 Å².